The first-order valence-electron chi connectivity index (χ1n) is 5.31. The normalized spacial score (nSPS) is 18.6. The Kier molecular flexibility index (Phi) is 2.66. The number of hydrogen-bond donors (Lipinski definition) is 1. The highest BCUT2D eigenvalue weighted by atomic mass is 16.2. The largest absolute Gasteiger partial charge is 0.381 e. The van der Waals surface area contributed by atoms with E-state index in [2.05, 4.69) is 5.32 Å². The van der Waals surface area contributed by atoms with Crippen molar-refractivity contribution in [3.8, 4) is 0 Å². The molecule has 1 aliphatic carbocycles. The van der Waals surface area contributed by atoms with E-state index in [-0.39, 0.29) is 10.9 Å². The van der Waals surface area contributed by atoms with Crippen molar-refractivity contribution < 1.29 is 0 Å². The summed E-state index contributed by atoms with van der Waals surface area (Å²) >= 11 is 0. The van der Waals surface area contributed by atoms with Crippen LogP contribution in [0.25, 0.3) is 0 Å². The maximum atomic E-state index is 11.0. The van der Waals surface area contributed by atoms with Crippen molar-refractivity contribution in [1.82, 2.24) is 0 Å². The highest BCUT2D eigenvalue weighted by molar-refractivity contribution is 5.47. The SMILES string of the molecule is O=c1cc(NCC2CCCCC2)c1=O. The number of hydrogen-bond acceptors (Lipinski definition) is 3. The molecule has 1 N–H and O–H groups in total. The van der Waals surface area contributed by atoms with E-state index in [1.807, 2.05) is 0 Å². The topological polar surface area (TPSA) is 46.2 Å². The van der Waals surface area contributed by atoms with Gasteiger partial charge in [-0.25, -0.2) is 0 Å². The molecule has 3 nitrogen and oxygen atoms in total. The van der Waals surface area contributed by atoms with E-state index < -0.39 is 0 Å². The minimum atomic E-state index is -0.365. The quantitative estimate of drug-likeness (QED) is 0.735. The first-order valence-corrected chi connectivity index (χ1v) is 5.31. The Hall–Kier alpha value is -1.12. The van der Waals surface area contributed by atoms with Crippen LogP contribution in [-0.2, 0) is 0 Å². The van der Waals surface area contributed by atoms with Gasteiger partial charge in [0.1, 0.15) is 0 Å². The average Bonchev–Trinajstić information content (AvgIpc) is 2.25. The molecule has 0 unspecified atom stereocenters. The minimum absolute atomic E-state index is 0.346. The van der Waals surface area contributed by atoms with Gasteiger partial charge in [-0.1, -0.05) is 19.3 Å². The summed E-state index contributed by atoms with van der Waals surface area (Å²) in [5.41, 5.74) is -0.197. The van der Waals surface area contributed by atoms with Crippen molar-refractivity contribution in [3.05, 3.63) is 26.5 Å². The summed E-state index contributed by atoms with van der Waals surface area (Å²) in [6, 6.07) is 1.39. The van der Waals surface area contributed by atoms with Gasteiger partial charge in [0.15, 0.2) is 0 Å². The predicted molar refractivity (Wildman–Crippen MR) is 56.4 cm³/mol. The summed E-state index contributed by atoms with van der Waals surface area (Å²) in [7, 11) is 0. The monoisotopic (exact) mass is 193 g/mol. The lowest BCUT2D eigenvalue weighted by Crippen LogP contribution is -2.33. The average molecular weight is 193 g/mol. The van der Waals surface area contributed by atoms with Gasteiger partial charge >= 0.3 is 0 Å². The Labute approximate surface area is 82.8 Å². The fraction of sp³-hybridized carbons (Fsp3) is 0.636. The zero-order valence-electron chi connectivity index (χ0n) is 8.21. The fourth-order valence-electron chi connectivity index (χ4n) is 2.09. The van der Waals surface area contributed by atoms with Gasteiger partial charge in [-0.05, 0) is 18.8 Å². The Morgan fingerprint density at radius 3 is 2.50 bits per heavy atom. The van der Waals surface area contributed by atoms with Gasteiger partial charge in [-0.3, -0.25) is 9.59 Å². The molecule has 0 aliphatic heterocycles. The molecule has 0 atom stereocenters. The maximum absolute atomic E-state index is 11.0. The van der Waals surface area contributed by atoms with Gasteiger partial charge in [0, 0.05) is 12.6 Å². The maximum Gasteiger partial charge on any atom is 0.248 e. The standard InChI is InChI=1S/C11H15NO2/c13-10-6-9(11(10)14)12-7-8-4-2-1-3-5-8/h6,8,12H,1-5,7H2. The number of rotatable bonds is 3. The number of anilines is 1. The summed E-state index contributed by atoms with van der Waals surface area (Å²) in [6.07, 6.45) is 6.46. The molecular weight excluding hydrogens is 178 g/mol. The first-order chi connectivity index (χ1) is 6.77. The molecule has 0 amide bonds. The molecule has 76 valence electrons. The third-order valence-electron chi connectivity index (χ3n) is 3.05. The smallest absolute Gasteiger partial charge is 0.248 e. The van der Waals surface area contributed by atoms with Gasteiger partial charge in [0.2, 0.25) is 10.9 Å². The molecule has 0 spiro atoms. The molecule has 0 bridgehead atoms. The van der Waals surface area contributed by atoms with Gasteiger partial charge < -0.3 is 5.32 Å². The van der Waals surface area contributed by atoms with E-state index in [0.717, 1.165) is 6.54 Å². The Bertz CT molecular complexity index is 370. The molecular formula is C11H15NO2. The Balaban J connectivity index is 1.80. The zero-order chi connectivity index (χ0) is 9.97. The van der Waals surface area contributed by atoms with Crippen LogP contribution in [0.3, 0.4) is 0 Å². The highest BCUT2D eigenvalue weighted by Gasteiger charge is 2.15. The van der Waals surface area contributed by atoms with Gasteiger partial charge in [0.25, 0.3) is 0 Å². The molecule has 0 radical (unpaired) electrons. The summed E-state index contributed by atoms with van der Waals surface area (Å²) in [4.78, 5) is 21.6. The zero-order valence-corrected chi connectivity index (χ0v) is 8.21. The van der Waals surface area contributed by atoms with Crippen LogP contribution in [0.4, 0.5) is 5.69 Å². The summed E-state index contributed by atoms with van der Waals surface area (Å²) in [6.45, 7) is 0.852. The van der Waals surface area contributed by atoms with Crippen LogP contribution >= 0.6 is 0 Å². The van der Waals surface area contributed by atoms with Gasteiger partial charge in [-0.15, -0.1) is 0 Å². The van der Waals surface area contributed by atoms with Crippen molar-refractivity contribution >= 4 is 5.69 Å². The summed E-state index contributed by atoms with van der Waals surface area (Å²) in [5, 5.41) is 3.06. The van der Waals surface area contributed by atoms with Crippen molar-refractivity contribution in [2.24, 2.45) is 5.92 Å². The van der Waals surface area contributed by atoms with Crippen molar-refractivity contribution in [1.29, 1.82) is 0 Å². The second-order valence-electron chi connectivity index (χ2n) is 4.14. The second kappa shape index (κ2) is 3.95. The van der Waals surface area contributed by atoms with E-state index in [4.69, 9.17) is 0 Å². The molecule has 14 heavy (non-hydrogen) atoms. The molecule has 2 rings (SSSR count). The molecule has 0 aromatic heterocycles. The van der Waals surface area contributed by atoms with Crippen molar-refractivity contribution in [2.75, 3.05) is 11.9 Å². The molecule has 0 heterocycles. The van der Waals surface area contributed by atoms with Gasteiger partial charge in [-0.2, -0.15) is 0 Å². The molecule has 1 fully saturated rings. The Morgan fingerprint density at radius 2 is 1.93 bits per heavy atom. The second-order valence-corrected chi connectivity index (χ2v) is 4.14. The van der Waals surface area contributed by atoms with E-state index in [1.165, 1.54) is 38.2 Å². The lowest BCUT2D eigenvalue weighted by molar-refractivity contribution is 0.373. The van der Waals surface area contributed by atoms with Crippen LogP contribution in [0.1, 0.15) is 32.1 Å². The van der Waals surface area contributed by atoms with E-state index >= 15 is 0 Å². The molecule has 0 saturated heterocycles. The van der Waals surface area contributed by atoms with Crippen LogP contribution in [0, 0.1) is 5.92 Å². The van der Waals surface area contributed by atoms with E-state index in [9.17, 15) is 9.59 Å². The molecule has 1 aliphatic rings. The highest BCUT2D eigenvalue weighted by Crippen LogP contribution is 2.23. The lowest BCUT2D eigenvalue weighted by Gasteiger charge is -2.22. The van der Waals surface area contributed by atoms with Crippen LogP contribution in [-0.4, -0.2) is 6.54 Å². The van der Waals surface area contributed by atoms with Crippen molar-refractivity contribution in [3.63, 3.8) is 0 Å². The predicted octanol–water partition coefficient (Wildman–Crippen LogP) is 1.27. The van der Waals surface area contributed by atoms with E-state index in [1.54, 1.807) is 0 Å². The van der Waals surface area contributed by atoms with Crippen LogP contribution in [0.5, 0.6) is 0 Å². The summed E-state index contributed by atoms with van der Waals surface area (Å²) in [5.74, 6) is 0.688. The molecule has 1 aromatic carbocycles. The first kappa shape index (κ1) is 9.44. The minimum Gasteiger partial charge on any atom is -0.381 e. The van der Waals surface area contributed by atoms with Crippen LogP contribution in [0.15, 0.2) is 15.7 Å². The molecule has 1 saturated carbocycles. The number of nitrogens with one attached hydrogen (secondary N) is 1. The third-order valence-corrected chi connectivity index (χ3v) is 3.05. The molecule has 3 heteroatoms. The Morgan fingerprint density at radius 1 is 1.21 bits per heavy atom. The fourth-order valence-corrected chi connectivity index (χ4v) is 2.09. The summed E-state index contributed by atoms with van der Waals surface area (Å²) < 4.78 is 0. The van der Waals surface area contributed by atoms with Crippen molar-refractivity contribution in [2.45, 2.75) is 32.1 Å². The third kappa shape index (κ3) is 1.86. The molecule has 1 aromatic rings. The van der Waals surface area contributed by atoms with E-state index in [0.29, 0.717) is 11.6 Å². The van der Waals surface area contributed by atoms with Gasteiger partial charge in [0.05, 0.1) is 5.69 Å². The van der Waals surface area contributed by atoms with Crippen LogP contribution in [0.2, 0.25) is 0 Å². The van der Waals surface area contributed by atoms with Crippen LogP contribution < -0.4 is 16.2 Å². The lowest BCUT2D eigenvalue weighted by atomic mass is 9.89.